The summed E-state index contributed by atoms with van der Waals surface area (Å²) in [6, 6.07) is 3.51. The Hall–Kier alpha value is -3.18. The van der Waals surface area contributed by atoms with E-state index in [2.05, 4.69) is 40.9 Å². The van der Waals surface area contributed by atoms with Crippen LogP contribution in [0.1, 0.15) is 62.5 Å². The molecule has 3 heterocycles. The van der Waals surface area contributed by atoms with Crippen LogP contribution >= 0.6 is 0 Å². The molecule has 2 aliphatic heterocycles. The largest absolute Gasteiger partial charge is 0.417 e. The molecule has 0 aliphatic carbocycles. The zero-order valence-electron chi connectivity index (χ0n) is 24.5. The van der Waals surface area contributed by atoms with Crippen LogP contribution in [0.25, 0.3) is 5.57 Å². The van der Waals surface area contributed by atoms with Crippen LogP contribution in [0.3, 0.4) is 0 Å². The highest BCUT2D eigenvalue weighted by Crippen LogP contribution is 2.37. The molecule has 2 aromatic rings. The van der Waals surface area contributed by atoms with Crippen molar-refractivity contribution in [2.75, 3.05) is 50.0 Å². The summed E-state index contributed by atoms with van der Waals surface area (Å²) in [6.45, 7) is 13.9. The van der Waals surface area contributed by atoms with E-state index in [0.717, 1.165) is 24.9 Å². The fraction of sp³-hybridized carbons (Fsp3) is 0.533. The van der Waals surface area contributed by atoms with Gasteiger partial charge in [-0.05, 0) is 50.4 Å². The minimum absolute atomic E-state index is 0.115. The maximum absolute atomic E-state index is 15.7. The number of benzene rings is 1. The van der Waals surface area contributed by atoms with Crippen LogP contribution < -0.4 is 15.8 Å². The van der Waals surface area contributed by atoms with Gasteiger partial charge in [-0.25, -0.2) is 4.39 Å². The number of carbonyl (C=O) groups excluding carboxylic acids is 1. The number of likely N-dealkylation sites (N-methyl/N-ethyl adjacent to an activating group) is 1. The lowest BCUT2D eigenvalue weighted by molar-refractivity contribution is -0.138. The van der Waals surface area contributed by atoms with Gasteiger partial charge in [-0.2, -0.15) is 13.2 Å². The number of pyridine rings is 1. The van der Waals surface area contributed by atoms with Crippen molar-refractivity contribution in [3.63, 3.8) is 0 Å². The summed E-state index contributed by atoms with van der Waals surface area (Å²) in [7, 11) is 2.01. The third-order valence-corrected chi connectivity index (χ3v) is 7.85. The molecule has 0 bridgehead atoms. The number of aromatic nitrogens is 1. The van der Waals surface area contributed by atoms with Crippen molar-refractivity contribution in [3.05, 3.63) is 63.3 Å². The summed E-state index contributed by atoms with van der Waals surface area (Å²) in [6.07, 6.45) is -1.58. The van der Waals surface area contributed by atoms with E-state index >= 15 is 4.39 Å². The van der Waals surface area contributed by atoms with Crippen molar-refractivity contribution in [1.82, 2.24) is 14.8 Å². The lowest BCUT2D eigenvalue weighted by atomic mass is 9.93. The molecule has 2 aliphatic rings. The number of nitrogens with zero attached hydrogens (tertiary/aromatic N) is 3. The maximum atomic E-state index is 15.7. The molecule has 0 unspecified atom stereocenters. The number of piperazine rings is 1. The SMILES string of the molecule is C[C@@H]1CN(c2cc(F)c(C3=CCN(CC(C)(C)C)CC3)cc2NC(=O)c2c[nH]c(=O)cc2C(F)(F)F)C[C@H](C)N1C. The number of aromatic amines is 1. The molecule has 2 atom stereocenters. The summed E-state index contributed by atoms with van der Waals surface area (Å²) in [5.74, 6) is -1.50. The van der Waals surface area contributed by atoms with Crippen LogP contribution in [0.5, 0.6) is 0 Å². The van der Waals surface area contributed by atoms with Gasteiger partial charge in [0.15, 0.2) is 0 Å². The second-order valence-electron chi connectivity index (χ2n) is 12.5. The van der Waals surface area contributed by atoms with E-state index in [0.29, 0.717) is 43.4 Å². The van der Waals surface area contributed by atoms with Crippen molar-refractivity contribution >= 4 is 22.9 Å². The highest BCUT2D eigenvalue weighted by atomic mass is 19.4. The van der Waals surface area contributed by atoms with Crippen LogP contribution in [-0.2, 0) is 6.18 Å². The van der Waals surface area contributed by atoms with Gasteiger partial charge >= 0.3 is 6.18 Å². The van der Waals surface area contributed by atoms with E-state index in [1.807, 2.05) is 31.9 Å². The monoisotopic (exact) mass is 577 g/mol. The standard InChI is InChI=1S/C30H39F4N5O2/c1-18-15-39(16-19(2)37(18)6)26-13-24(31)21(20-7-9-38(10-8-20)17-29(3,4)5)11-25(26)36-28(41)22-14-35-27(40)12-23(22)30(32,33)34/h7,11-14,18-19H,8-10,15-17H2,1-6H3,(H,35,40)(H,36,41)/t18-,19+. The summed E-state index contributed by atoms with van der Waals surface area (Å²) in [5.41, 5.74) is -1.19. The molecular formula is C30H39F4N5O2. The normalized spacial score (nSPS) is 21.1. The Morgan fingerprint density at radius 3 is 2.32 bits per heavy atom. The molecule has 2 N–H and O–H groups in total. The molecule has 1 fully saturated rings. The van der Waals surface area contributed by atoms with Gasteiger partial charge in [0.2, 0.25) is 5.56 Å². The minimum atomic E-state index is -4.91. The molecule has 4 rings (SSSR count). The lowest BCUT2D eigenvalue weighted by Crippen LogP contribution is -2.55. The van der Waals surface area contributed by atoms with E-state index in [1.165, 1.54) is 12.1 Å². The van der Waals surface area contributed by atoms with Crippen molar-refractivity contribution in [1.29, 1.82) is 0 Å². The number of anilines is 2. The molecule has 0 radical (unpaired) electrons. The highest BCUT2D eigenvalue weighted by Gasteiger charge is 2.36. The number of hydrogen-bond donors (Lipinski definition) is 2. The quantitative estimate of drug-likeness (QED) is 0.463. The third-order valence-electron chi connectivity index (χ3n) is 7.85. The smallest absolute Gasteiger partial charge is 0.367 e. The second-order valence-corrected chi connectivity index (χ2v) is 12.5. The van der Waals surface area contributed by atoms with E-state index < -0.39 is 34.6 Å². The first-order valence-electron chi connectivity index (χ1n) is 13.9. The Bertz CT molecular complexity index is 1370. The maximum Gasteiger partial charge on any atom is 0.417 e. The van der Waals surface area contributed by atoms with Crippen molar-refractivity contribution < 1.29 is 22.4 Å². The second kappa shape index (κ2) is 11.6. The fourth-order valence-electron chi connectivity index (χ4n) is 5.63. The van der Waals surface area contributed by atoms with E-state index in [4.69, 9.17) is 0 Å². The lowest BCUT2D eigenvalue weighted by Gasteiger charge is -2.44. The van der Waals surface area contributed by atoms with E-state index in [-0.39, 0.29) is 23.2 Å². The van der Waals surface area contributed by atoms with Crippen LogP contribution in [-0.4, -0.2) is 72.5 Å². The molecule has 224 valence electrons. The first-order chi connectivity index (χ1) is 19.0. The summed E-state index contributed by atoms with van der Waals surface area (Å²) < 4.78 is 56.9. The van der Waals surface area contributed by atoms with Crippen LogP contribution in [0, 0.1) is 11.2 Å². The van der Waals surface area contributed by atoms with Gasteiger partial charge in [-0.1, -0.05) is 26.8 Å². The van der Waals surface area contributed by atoms with Crippen molar-refractivity contribution in [2.45, 2.75) is 59.3 Å². The fourth-order valence-corrected chi connectivity index (χ4v) is 5.63. The van der Waals surface area contributed by atoms with Gasteiger partial charge in [-0.3, -0.25) is 19.4 Å². The topological polar surface area (TPSA) is 71.7 Å². The number of nitrogens with one attached hydrogen (secondary N) is 2. The number of H-pyrrole nitrogens is 1. The number of alkyl halides is 3. The van der Waals surface area contributed by atoms with E-state index in [9.17, 15) is 22.8 Å². The molecule has 0 saturated carbocycles. The molecule has 1 aromatic heterocycles. The Kier molecular flexibility index (Phi) is 8.71. The Balaban J connectivity index is 1.74. The first kappa shape index (κ1) is 30.8. The van der Waals surface area contributed by atoms with Gasteiger partial charge in [0.25, 0.3) is 5.91 Å². The van der Waals surface area contributed by atoms with Gasteiger partial charge in [0, 0.05) is 62.6 Å². The molecule has 41 heavy (non-hydrogen) atoms. The van der Waals surface area contributed by atoms with Crippen LogP contribution in [0.2, 0.25) is 0 Å². The average molecular weight is 578 g/mol. The third kappa shape index (κ3) is 7.19. The Labute approximate surface area is 238 Å². The molecule has 11 heteroatoms. The minimum Gasteiger partial charge on any atom is -0.367 e. The number of halogens is 4. The summed E-state index contributed by atoms with van der Waals surface area (Å²) >= 11 is 0. The molecule has 1 aromatic carbocycles. The average Bonchev–Trinajstić information content (AvgIpc) is 2.86. The molecule has 1 saturated heterocycles. The molecule has 0 spiro atoms. The Morgan fingerprint density at radius 1 is 1.10 bits per heavy atom. The van der Waals surface area contributed by atoms with Crippen molar-refractivity contribution in [3.8, 4) is 0 Å². The Morgan fingerprint density at radius 2 is 1.76 bits per heavy atom. The van der Waals surface area contributed by atoms with Gasteiger partial charge in [-0.15, -0.1) is 0 Å². The highest BCUT2D eigenvalue weighted by molar-refractivity contribution is 6.07. The number of carbonyl (C=O) groups is 1. The molecular weight excluding hydrogens is 538 g/mol. The van der Waals surface area contributed by atoms with Crippen LogP contribution in [0.4, 0.5) is 28.9 Å². The van der Waals surface area contributed by atoms with Gasteiger partial charge < -0.3 is 15.2 Å². The van der Waals surface area contributed by atoms with Crippen molar-refractivity contribution in [2.24, 2.45) is 5.41 Å². The van der Waals surface area contributed by atoms with E-state index in [1.54, 1.807) is 0 Å². The predicted molar refractivity (Wildman–Crippen MR) is 154 cm³/mol. The van der Waals surface area contributed by atoms with Crippen LogP contribution in [0.15, 0.2) is 35.3 Å². The summed E-state index contributed by atoms with van der Waals surface area (Å²) in [5, 5.41) is 2.62. The zero-order valence-corrected chi connectivity index (χ0v) is 24.5. The zero-order chi connectivity index (χ0) is 30.3. The predicted octanol–water partition coefficient (Wildman–Crippen LogP) is 5.45. The van der Waals surface area contributed by atoms with Gasteiger partial charge in [0.1, 0.15) is 5.82 Å². The number of rotatable bonds is 5. The first-order valence-corrected chi connectivity index (χ1v) is 13.9. The molecule has 1 amide bonds. The van der Waals surface area contributed by atoms with Gasteiger partial charge in [0.05, 0.1) is 22.5 Å². The molecule has 7 nitrogen and oxygen atoms in total. The number of amides is 1. The number of hydrogen-bond acceptors (Lipinski definition) is 5. The summed E-state index contributed by atoms with van der Waals surface area (Å²) in [4.78, 5) is 33.5.